The standard InChI is InChI=1S/C12H17N3O2/c1-12(2)6-9(15-11(14)16)8-5-7(13)3-4-10(8)17-12/h3-5,9H,6,13H2,1-2H3,(H3,14,15,16). The van der Waals surface area contributed by atoms with Crippen molar-refractivity contribution < 1.29 is 9.53 Å². The summed E-state index contributed by atoms with van der Waals surface area (Å²) in [7, 11) is 0. The van der Waals surface area contributed by atoms with Crippen LogP contribution in [0.3, 0.4) is 0 Å². The second kappa shape index (κ2) is 3.84. The Morgan fingerprint density at radius 2 is 2.24 bits per heavy atom. The molecule has 0 bridgehead atoms. The first-order valence-electron chi connectivity index (χ1n) is 5.52. The van der Waals surface area contributed by atoms with Gasteiger partial charge < -0.3 is 21.5 Å². The van der Waals surface area contributed by atoms with Gasteiger partial charge in [0.1, 0.15) is 11.4 Å². The largest absolute Gasteiger partial charge is 0.487 e. The van der Waals surface area contributed by atoms with E-state index in [4.69, 9.17) is 16.2 Å². The Bertz CT molecular complexity index is 457. The molecule has 0 fully saturated rings. The van der Waals surface area contributed by atoms with Gasteiger partial charge in [-0.15, -0.1) is 0 Å². The minimum absolute atomic E-state index is 0.158. The number of nitrogens with one attached hydrogen (secondary N) is 1. The number of nitrogen functional groups attached to an aromatic ring is 1. The van der Waals surface area contributed by atoms with E-state index in [2.05, 4.69) is 5.32 Å². The number of ether oxygens (including phenoxy) is 1. The first-order chi connectivity index (χ1) is 7.87. The fourth-order valence-electron chi connectivity index (χ4n) is 2.17. The summed E-state index contributed by atoms with van der Waals surface area (Å²) in [6, 6.07) is 4.71. The lowest BCUT2D eigenvalue weighted by molar-refractivity contribution is 0.0682. The third kappa shape index (κ3) is 2.43. The lowest BCUT2D eigenvalue weighted by Gasteiger charge is -2.37. The van der Waals surface area contributed by atoms with Gasteiger partial charge in [-0.05, 0) is 32.0 Å². The number of primary amides is 1. The Hall–Kier alpha value is -1.91. The normalized spacial score (nSPS) is 21.2. The molecule has 0 spiro atoms. The molecule has 5 heteroatoms. The number of hydrogen-bond acceptors (Lipinski definition) is 3. The number of urea groups is 1. The predicted molar refractivity (Wildman–Crippen MR) is 65.6 cm³/mol. The van der Waals surface area contributed by atoms with Gasteiger partial charge in [0.15, 0.2) is 0 Å². The van der Waals surface area contributed by atoms with E-state index in [1.165, 1.54) is 0 Å². The number of carbonyl (C=O) groups excluding carboxylic acids is 1. The van der Waals surface area contributed by atoms with Gasteiger partial charge in [-0.2, -0.15) is 0 Å². The van der Waals surface area contributed by atoms with Crippen LogP contribution in [0.25, 0.3) is 0 Å². The average Bonchev–Trinajstić information content (AvgIpc) is 2.17. The van der Waals surface area contributed by atoms with Crippen LogP contribution in [-0.4, -0.2) is 11.6 Å². The smallest absolute Gasteiger partial charge is 0.312 e. The maximum Gasteiger partial charge on any atom is 0.312 e. The second-order valence-electron chi connectivity index (χ2n) is 4.92. The van der Waals surface area contributed by atoms with Crippen molar-refractivity contribution in [2.24, 2.45) is 5.73 Å². The number of carbonyl (C=O) groups is 1. The molecule has 1 unspecified atom stereocenters. The molecule has 2 amide bonds. The molecule has 92 valence electrons. The van der Waals surface area contributed by atoms with E-state index < -0.39 is 6.03 Å². The van der Waals surface area contributed by atoms with Crippen LogP contribution >= 0.6 is 0 Å². The number of nitrogens with two attached hydrogens (primary N) is 2. The van der Waals surface area contributed by atoms with Crippen LogP contribution in [-0.2, 0) is 0 Å². The summed E-state index contributed by atoms with van der Waals surface area (Å²) in [5, 5.41) is 2.72. The lowest BCUT2D eigenvalue weighted by Crippen LogP contribution is -2.42. The molecule has 1 aliphatic rings. The summed E-state index contributed by atoms with van der Waals surface area (Å²) in [6.07, 6.45) is 0.659. The number of benzene rings is 1. The molecule has 0 aromatic heterocycles. The molecule has 0 saturated heterocycles. The van der Waals surface area contributed by atoms with Crippen molar-refractivity contribution in [1.29, 1.82) is 0 Å². The molecule has 1 heterocycles. The Balaban J connectivity index is 2.40. The quantitative estimate of drug-likeness (QED) is 0.645. The van der Waals surface area contributed by atoms with Gasteiger partial charge in [0.2, 0.25) is 0 Å². The van der Waals surface area contributed by atoms with E-state index in [0.717, 1.165) is 11.3 Å². The number of anilines is 1. The van der Waals surface area contributed by atoms with Crippen molar-refractivity contribution in [3.05, 3.63) is 23.8 Å². The Morgan fingerprint density at radius 3 is 2.88 bits per heavy atom. The lowest BCUT2D eigenvalue weighted by atomic mass is 9.89. The third-order valence-electron chi connectivity index (χ3n) is 2.81. The van der Waals surface area contributed by atoms with E-state index in [1.54, 1.807) is 6.07 Å². The molecule has 5 N–H and O–H groups in total. The highest BCUT2D eigenvalue weighted by molar-refractivity contribution is 5.72. The zero-order valence-corrected chi connectivity index (χ0v) is 9.99. The van der Waals surface area contributed by atoms with Crippen LogP contribution in [0.2, 0.25) is 0 Å². The maximum atomic E-state index is 11.0. The molecule has 1 atom stereocenters. The first-order valence-corrected chi connectivity index (χ1v) is 5.52. The molecule has 1 aromatic rings. The molecule has 0 aliphatic carbocycles. The molecular weight excluding hydrogens is 218 g/mol. The van der Waals surface area contributed by atoms with Gasteiger partial charge in [-0.1, -0.05) is 0 Å². The zero-order chi connectivity index (χ0) is 12.6. The number of fused-ring (bicyclic) bond motifs is 1. The Labute approximate surface area is 100 Å². The molecule has 5 nitrogen and oxygen atoms in total. The number of hydrogen-bond donors (Lipinski definition) is 3. The van der Waals surface area contributed by atoms with Crippen molar-refractivity contribution in [3.8, 4) is 5.75 Å². The zero-order valence-electron chi connectivity index (χ0n) is 9.99. The minimum Gasteiger partial charge on any atom is -0.487 e. The summed E-state index contributed by atoms with van der Waals surface area (Å²) in [4.78, 5) is 11.0. The van der Waals surface area contributed by atoms with Crippen LogP contribution in [0, 0.1) is 0 Å². The van der Waals surface area contributed by atoms with Crippen molar-refractivity contribution >= 4 is 11.7 Å². The van der Waals surface area contributed by atoms with Gasteiger partial charge in [0.25, 0.3) is 0 Å². The summed E-state index contributed by atoms with van der Waals surface area (Å²) < 4.78 is 5.84. The van der Waals surface area contributed by atoms with E-state index in [1.807, 2.05) is 26.0 Å². The van der Waals surface area contributed by atoms with Crippen LogP contribution < -0.4 is 21.5 Å². The van der Waals surface area contributed by atoms with Gasteiger partial charge in [0, 0.05) is 17.7 Å². The van der Waals surface area contributed by atoms with Crippen molar-refractivity contribution in [2.75, 3.05) is 5.73 Å². The van der Waals surface area contributed by atoms with E-state index in [-0.39, 0.29) is 11.6 Å². The Kier molecular flexibility index (Phi) is 2.61. The minimum atomic E-state index is -0.541. The predicted octanol–water partition coefficient (Wildman–Crippen LogP) is 1.54. The van der Waals surface area contributed by atoms with E-state index in [0.29, 0.717) is 12.1 Å². The highest BCUT2D eigenvalue weighted by Gasteiger charge is 2.34. The summed E-state index contributed by atoms with van der Waals surface area (Å²) >= 11 is 0. The number of rotatable bonds is 1. The van der Waals surface area contributed by atoms with Crippen LogP contribution in [0.5, 0.6) is 5.75 Å². The second-order valence-corrected chi connectivity index (χ2v) is 4.92. The summed E-state index contributed by atoms with van der Waals surface area (Å²) in [5.41, 5.74) is 12.1. The van der Waals surface area contributed by atoms with Crippen molar-refractivity contribution in [2.45, 2.75) is 31.9 Å². The molecule has 1 aliphatic heterocycles. The first kappa shape index (κ1) is 11.6. The molecule has 17 heavy (non-hydrogen) atoms. The average molecular weight is 235 g/mol. The summed E-state index contributed by atoms with van der Waals surface area (Å²) in [6.45, 7) is 3.95. The monoisotopic (exact) mass is 235 g/mol. The Morgan fingerprint density at radius 1 is 1.53 bits per heavy atom. The maximum absolute atomic E-state index is 11.0. The fraction of sp³-hybridized carbons (Fsp3) is 0.417. The van der Waals surface area contributed by atoms with Crippen LogP contribution in [0.4, 0.5) is 10.5 Å². The van der Waals surface area contributed by atoms with Gasteiger partial charge in [0.05, 0.1) is 6.04 Å². The van der Waals surface area contributed by atoms with Gasteiger partial charge in [-0.3, -0.25) is 0 Å². The topological polar surface area (TPSA) is 90.4 Å². The fourth-order valence-corrected chi connectivity index (χ4v) is 2.17. The molecular formula is C12H17N3O2. The highest BCUT2D eigenvalue weighted by atomic mass is 16.5. The third-order valence-corrected chi connectivity index (χ3v) is 2.81. The van der Waals surface area contributed by atoms with Crippen LogP contribution in [0.15, 0.2) is 18.2 Å². The number of amides is 2. The molecule has 0 radical (unpaired) electrons. The van der Waals surface area contributed by atoms with Crippen LogP contribution in [0.1, 0.15) is 31.9 Å². The summed E-state index contributed by atoms with van der Waals surface area (Å²) in [5.74, 6) is 0.745. The molecule has 0 saturated carbocycles. The van der Waals surface area contributed by atoms with E-state index >= 15 is 0 Å². The van der Waals surface area contributed by atoms with Gasteiger partial charge in [-0.25, -0.2) is 4.79 Å². The van der Waals surface area contributed by atoms with Gasteiger partial charge >= 0.3 is 6.03 Å². The molecule has 2 rings (SSSR count). The van der Waals surface area contributed by atoms with Crippen molar-refractivity contribution in [1.82, 2.24) is 5.32 Å². The van der Waals surface area contributed by atoms with Crippen molar-refractivity contribution in [3.63, 3.8) is 0 Å². The SMILES string of the molecule is CC1(C)CC(NC(N)=O)c2cc(N)ccc2O1. The highest BCUT2D eigenvalue weighted by Crippen LogP contribution is 2.40. The van der Waals surface area contributed by atoms with E-state index in [9.17, 15) is 4.79 Å². The molecule has 1 aromatic carbocycles.